The van der Waals surface area contributed by atoms with Gasteiger partial charge in [-0.2, -0.15) is 0 Å². The summed E-state index contributed by atoms with van der Waals surface area (Å²) < 4.78 is 10.5. The fraction of sp³-hybridized carbons (Fsp3) is 0.500. The summed E-state index contributed by atoms with van der Waals surface area (Å²) in [7, 11) is 5.32. The Kier molecular flexibility index (Phi) is 4.98. The number of nitrogens with one attached hydrogen (secondary N) is 1. The normalized spacial score (nSPS) is 10.1. The van der Waals surface area contributed by atoms with Gasteiger partial charge in [-0.05, 0) is 38.1 Å². The molecule has 0 saturated carbocycles. The molecule has 3 nitrogen and oxygen atoms in total. The van der Waals surface area contributed by atoms with Crippen molar-refractivity contribution in [2.24, 2.45) is 0 Å². The summed E-state index contributed by atoms with van der Waals surface area (Å²) in [4.78, 5) is 0. The van der Waals surface area contributed by atoms with E-state index in [1.165, 1.54) is 5.56 Å². The van der Waals surface area contributed by atoms with Crippen LogP contribution >= 0.6 is 0 Å². The molecule has 1 aromatic carbocycles. The van der Waals surface area contributed by atoms with Crippen molar-refractivity contribution in [1.82, 2.24) is 5.32 Å². The van der Waals surface area contributed by atoms with Gasteiger partial charge >= 0.3 is 0 Å². The zero-order valence-electron chi connectivity index (χ0n) is 9.67. The minimum absolute atomic E-state index is 0.837. The number of benzene rings is 1. The molecule has 1 N–H and O–H groups in total. The van der Waals surface area contributed by atoms with Crippen molar-refractivity contribution in [2.45, 2.75) is 12.8 Å². The lowest BCUT2D eigenvalue weighted by molar-refractivity contribution is 0.390. The maximum atomic E-state index is 5.32. The number of hydrogen-bond acceptors (Lipinski definition) is 3. The highest BCUT2D eigenvalue weighted by Crippen LogP contribution is 2.25. The minimum atomic E-state index is 0.837. The summed E-state index contributed by atoms with van der Waals surface area (Å²) in [6.07, 6.45) is 2.13. The third-order valence-corrected chi connectivity index (χ3v) is 2.37. The molecule has 0 radical (unpaired) electrons. The summed E-state index contributed by atoms with van der Waals surface area (Å²) in [6, 6.07) is 5.96. The first kappa shape index (κ1) is 11.9. The third-order valence-electron chi connectivity index (χ3n) is 2.37. The number of methoxy groups -OCH3 is 2. The van der Waals surface area contributed by atoms with Crippen LogP contribution in [0.25, 0.3) is 0 Å². The summed E-state index contributed by atoms with van der Waals surface area (Å²) in [5.74, 6) is 1.75. The summed E-state index contributed by atoms with van der Waals surface area (Å²) in [5.41, 5.74) is 1.23. The van der Waals surface area contributed by atoms with Crippen molar-refractivity contribution in [2.75, 3.05) is 27.8 Å². The van der Waals surface area contributed by atoms with Gasteiger partial charge in [0.15, 0.2) is 0 Å². The van der Waals surface area contributed by atoms with Crippen molar-refractivity contribution in [1.29, 1.82) is 0 Å². The highest BCUT2D eigenvalue weighted by molar-refractivity contribution is 5.40. The molecule has 0 aromatic heterocycles. The molecule has 0 amide bonds. The van der Waals surface area contributed by atoms with Crippen molar-refractivity contribution < 1.29 is 9.47 Å². The second-order valence-electron chi connectivity index (χ2n) is 3.38. The van der Waals surface area contributed by atoms with E-state index in [2.05, 4.69) is 11.4 Å². The Balaban J connectivity index is 2.69. The largest absolute Gasteiger partial charge is 0.497 e. The Labute approximate surface area is 91.4 Å². The molecular formula is C12H19NO2. The van der Waals surface area contributed by atoms with E-state index in [1.807, 2.05) is 19.2 Å². The first-order valence-electron chi connectivity index (χ1n) is 5.17. The minimum Gasteiger partial charge on any atom is -0.497 e. The van der Waals surface area contributed by atoms with Crippen LogP contribution in [0.4, 0.5) is 0 Å². The molecular weight excluding hydrogens is 190 g/mol. The van der Waals surface area contributed by atoms with Crippen molar-refractivity contribution >= 4 is 0 Å². The van der Waals surface area contributed by atoms with Crippen LogP contribution in [0.2, 0.25) is 0 Å². The van der Waals surface area contributed by atoms with Crippen molar-refractivity contribution in [3.8, 4) is 11.5 Å². The van der Waals surface area contributed by atoms with Crippen molar-refractivity contribution in [3.05, 3.63) is 23.8 Å². The molecule has 0 bridgehead atoms. The topological polar surface area (TPSA) is 30.5 Å². The van der Waals surface area contributed by atoms with Crippen LogP contribution in [0.1, 0.15) is 12.0 Å². The standard InChI is InChI=1S/C12H19NO2/c1-13-8-4-5-10-6-7-11(14-2)9-12(10)15-3/h6-7,9,13H,4-5,8H2,1-3H3. The van der Waals surface area contributed by atoms with Gasteiger partial charge in [0.05, 0.1) is 14.2 Å². The van der Waals surface area contributed by atoms with Crippen LogP contribution in [0.3, 0.4) is 0 Å². The molecule has 1 aromatic rings. The lowest BCUT2D eigenvalue weighted by atomic mass is 10.1. The highest BCUT2D eigenvalue weighted by atomic mass is 16.5. The molecule has 0 spiro atoms. The van der Waals surface area contributed by atoms with E-state index < -0.39 is 0 Å². The Morgan fingerprint density at radius 1 is 1.20 bits per heavy atom. The van der Waals surface area contributed by atoms with E-state index in [0.29, 0.717) is 0 Å². The van der Waals surface area contributed by atoms with Gasteiger partial charge in [0, 0.05) is 6.07 Å². The summed E-state index contributed by atoms with van der Waals surface area (Å²) in [5, 5.41) is 3.13. The van der Waals surface area contributed by atoms with E-state index >= 15 is 0 Å². The Bertz CT molecular complexity index is 300. The second kappa shape index (κ2) is 6.30. The Morgan fingerprint density at radius 3 is 2.60 bits per heavy atom. The first-order valence-corrected chi connectivity index (χ1v) is 5.17. The molecule has 0 aliphatic heterocycles. The highest BCUT2D eigenvalue weighted by Gasteiger charge is 2.04. The van der Waals surface area contributed by atoms with Crippen LogP contribution in [0.5, 0.6) is 11.5 Å². The van der Waals surface area contributed by atoms with Crippen LogP contribution in [0.15, 0.2) is 18.2 Å². The van der Waals surface area contributed by atoms with E-state index in [1.54, 1.807) is 14.2 Å². The number of rotatable bonds is 6. The quantitative estimate of drug-likeness (QED) is 0.725. The first-order chi connectivity index (χ1) is 7.31. The molecule has 0 saturated heterocycles. The Morgan fingerprint density at radius 2 is 2.00 bits per heavy atom. The predicted molar refractivity (Wildman–Crippen MR) is 61.8 cm³/mol. The summed E-state index contributed by atoms with van der Waals surface area (Å²) in [6.45, 7) is 1.02. The molecule has 0 aliphatic carbocycles. The van der Waals surface area contributed by atoms with Crippen LogP contribution < -0.4 is 14.8 Å². The molecule has 15 heavy (non-hydrogen) atoms. The maximum Gasteiger partial charge on any atom is 0.125 e. The van der Waals surface area contributed by atoms with Gasteiger partial charge in [-0.15, -0.1) is 0 Å². The molecule has 84 valence electrons. The monoisotopic (exact) mass is 209 g/mol. The van der Waals surface area contributed by atoms with Gasteiger partial charge in [-0.1, -0.05) is 6.07 Å². The smallest absolute Gasteiger partial charge is 0.125 e. The predicted octanol–water partition coefficient (Wildman–Crippen LogP) is 1.86. The van der Waals surface area contributed by atoms with Gasteiger partial charge < -0.3 is 14.8 Å². The molecule has 1 rings (SSSR count). The van der Waals surface area contributed by atoms with Gasteiger partial charge in [0.1, 0.15) is 11.5 Å². The lowest BCUT2D eigenvalue weighted by Crippen LogP contribution is -2.08. The van der Waals surface area contributed by atoms with E-state index in [0.717, 1.165) is 30.9 Å². The van der Waals surface area contributed by atoms with Crippen LogP contribution in [-0.4, -0.2) is 27.8 Å². The lowest BCUT2D eigenvalue weighted by Gasteiger charge is -2.10. The average Bonchev–Trinajstić information content (AvgIpc) is 2.29. The molecule has 3 heteroatoms. The second-order valence-corrected chi connectivity index (χ2v) is 3.38. The van der Waals surface area contributed by atoms with Gasteiger partial charge in [-0.25, -0.2) is 0 Å². The zero-order valence-corrected chi connectivity index (χ0v) is 9.67. The van der Waals surface area contributed by atoms with Gasteiger partial charge in [-0.3, -0.25) is 0 Å². The number of aryl methyl sites for hydroxylation is 1. The number of hydrogen-bond donors (Lipinski definition) is 1. The SMILES string of the molecule is CNCCCc1ccc(OC)cc1OC. The average molecular weight is 209 g/mol. The Hall–Kier alpha value is -1.22. The van der Waals surface area contributed by atoms with E-state index in [4.69, 9.17) is 9.47 Å². The molecule has 0 unspecified atom stereocenters. The fourth-order valence-electron chi connectivity index (χ4n) is 1.51. The third kappa shape index (κ3) is 3.44. The molecule has 0 atom stereocenters. The molecule has 0 heterocycles. The van der Waals surface area contributed by atoms with Crippen LogP contribution in [0, 0.1) is 0 Å². The fourth-order valence-corrected chi connectivity index (χ4v) is 1.51. The van der Waals surface area contributed by atoms with Crippen molar-refractivity contribution in [3.63, 3.8) is 0 Å². The van der Waals surface area contributed by atoms with Gasteiger partial charge in [0.2, 0.25) is 0 Å². The summed E-state index contributed by atoms with van der Waals surface area (Å²) >= 11 is 0. The van der Waals surface area contributed by atoms with E-state index in [-0.39, 0.29) is 0 Å². The maximum absolute atomic E-state index is 5.32. The van der Waals surface area contributed by atoms with E-state index in [9.17, 15) is 0 Å². The molecule has 0 fully saturated rings. The molecule has 0 aliphatic rings. The zero-order chi connectivity index (χ0) is 11.1. The van der Waals surface area contributed by atoms with Crippen LogP contribution in [-0.2, 0) is 6.42 Å². The van der Waals surface area contributed by atoms with Gasteiger partial charge in [0.25, 0.3) is 0 Å². The number of ether oxygens (including phenoxy) is 2.